The number of hydrogen-bond acceptors (Lipinski definition) is 4. The van der Waals surface area contributed by atoms with Gasteiger partial charge in [0.15, 0.2) is 0 Å². The Bertz CT molecular complexity index is 1120. The molecule has 1 amide bonds. The largest absolute Gasteiger partial charge is 0.339 e. The number of benzene rings is 2. The molecule has 31 heavy (non-hydrogen) atoms. The van der Waals surface area contributed by atoms with Crippen LogP contribution in [0, 0.1) is 13.8 Å². The van der Waals surface area contributed by atoms with Crippen LogP contribution in [-0.4, -0.2) is 51.7 Å². The summed E-state index contributed by atoms with van der Waals surface area (Å²) in [6.45, 7) is 7.88. The van der Waals surface area contributed by atoms with Crippen molar-refractivity contribution in [1.82, 2.24) is 19.6 Å². The minimum absolute atomic E-state index is 0.0315. The Morgan fingerprint density at radius 2 is 1.68 bits per heavy atom. The number of piperazine rings is 1. The van der Waals surface area contributed by atoms with Gasteiger partial charge in [0.2, 0.25) is 5.91 Å². The number of aryl methyl sites for hydroxylation is 2. The molecule has 0 atom stereocenters. The molecule has 1 aliphatic heterocycles. The highest BCUT2D eigenvalue weighted by molar-refractivity contribution is 5.76. The van der Waals surface area contributed by atoms with Crippen LogP contribution in [0.2, 0.25) is 0 Å². The maximum atomic E-state index is 12.9. The lowest BCUT2D eigenvalue weighted by atomic mass is 10.0. The quantitative estimate of drug-likeness (QED) is 0.642. The average molecular weight is 417 g/mol. The zero-order chi connectivity index (χ0) is 21.8. The first-order valence-corrected chi connectivity index (χ1v) is 10.7. The zero-order valence-corrected chi connectivity index (χ0v) is 18.1. The second-order valence-corrected chi connectivity index (χ2v) is 8.18. The molecule has 0 bridgehead atoms. The van der Waals surface area contributed by atoms with Gasteiger partial charge < -0.3 is 4.90 Å². The van der Waals surface area contributed by atoms with Crippen LogP contribution in [0.1, 0.15) is 16.7 Å². The molecule has 4 rings (SSSR count). The fourth-order valence-corrected chi connectivity index (χ4v) is 3.94. The number of hydrogen-bond donors (Lipinski definition) is 0. The van der Waals surface area contributed by atoms with Crippen LogP contribution in [-0.2, 0) is 17.9 Å². The molecule has 1 aliphatic rings. The first kappa shape index (κ1) is 21.0. The van der Waals surface area contributed by atoms with Crippen molar-refractivity contribution in [2.45, 2.75) is 26.9 Å². The number of carbonyl (C=O) groups is 1. The summed E-state index contributed by atoms with van der Waals surface area (Å²) in [5.74, 6) is -0.0629. The fraction of sp³-hybridized carbons (Fsp3) is 0.320. The van der Waals surface area contributed by atoms with E-state index in [0.717, 1.165) is 36.3 Å². The lowest BCUT2D eigenvalue weighted by Gasteiger charge is -2.34. The lowest BCUT2D eigenvalue weighted by Crippen LogP contribution is -2.49. The van der Waals surface area contributed by atoms with Gasteiger partial charge in [-0.25, -0.2) is 4.68 Å². The molecule has 6 heteroatoms. The summed E-state index contributed by atoms with van der Waals surface area (Å²) < 4.78 is 1.29. The van der Waals surface area contributed by atoms with Gasteiger partial charge in [-0.15, -0.1) is 0 Å². The fourth-order valence-electron chi connectivity index (χ4n) is 3.94. The summed E-state index contributed by atoms with van der Waals surface area (Å²) in [5, 5.41) is 4.50. The molecule has 0 N–H and O–H groups in total. The van der Waals surface area contributed by atoms with Gasteiger partial charge in [0, 0.05) is 44.4 Å². The molecule has 160 valence electrons. The van der Waals surface area contributed by atoms with Crippen LogP contribution in [0.3, 0.4) is 0 Å². The van der Waals surface area contributed by atoms with Crippen molar-refractivity contribution < 1.29 is 4.79 Å². The van der Waals surface area contributed by atoms with Crippen LogP contribution >= 0.6 is 0 Å². The van der Waals surface area contributed by atoms with Crippen molar-refractivity contribution in [3.8, 4) is 11.3 Å². The van der Waals surface area contributed by atoms with Gasteiger partial charge in [0.1, 0.15) is 6.54 Å². The summed E-state index contributed by atoms with van der Waals surface area (Å²) in [5.41, 5.74) is 4.93. The lowest BCUT2D eigenvalue weighted by molar-refractivity contribution is -0.133. The molecule has 1 aromatic heterocycles. The zero-order valence-electron chi connectivity index (χ0n) is 18.1. The number of rotatable bonds is 5. The van der Waals surface area contributed by atoms with E-state index in [9.17, 15) is 9.59 Å². The van der Waals surface area contributed by atoms with Crippen LogP contribution in [0.5, 0.6) is 0 Å². The SMILES string of the molecule is Cc1ccc(C)c(-c2ccc(=O)n(CC(=O)N3CCN(Cc4ccccc4)CC3)n2)c1. The van der Waals surface area contributed by atoms with Crippen molar-refractivity contribution >= 4 is 5.91 Å². The number of amides is 1. The van der Waals surface area contributed by atoms with Crippen molar-refractivity contribution in [3.63, 3.8) is 0 Å². The highest BCUT2D eigenvalue weighted by atomic mass is 16.2. The Morgan fingerprint density at radius 1 is 0.935 bits per heavy atom. The first-order valence-electron chi connectivity index (χ1n) is 10.7. The third kappa shape index (κ3) is 5.09. The predicted octanol–water partition coefficient (Wildman–Crippen LogP) is 2.87. The van der Waals surface area contributed by atoms with Gasteiger partial charge in [-0.3, -0.25) is 14.5 Å². The van der Waals surface area contributed by atoms with Gasteiger partial charge in [-0.05, 0) is 37.1 Å². The van der Waals surface area contributed by atoms with Gasteiger partial charge in [0.05, 0.1) is 5.69 Å². The molecule has 0 unspecified atom stereocenters. The second kappa shape index (κ2) is 9.27. The molecule has 2 heterocycles. The molecular weight excluding hydrogens is 388 g/mol. The average Bonchev–Trinajstić information content (AvgIpc) is 2.78. The summed E-state index contributed by atoms with van der Waals surface area (Å²) in [4.78, 5) is 29.4. The van der Waals surface area contributed by atoms with Crippen molar-refractivity contribution in [3.05, 3.63) is 87.7 Å². The Kier molecular flexibility index (Phi) is 6.28. The molecule has 0 aliphatic carbocycles. The molecular formula is C25H28N4O2. The number of carbonyl (C=O) groups excluding carboxylic acids is 1. The molecule has 1 fully saturated rings. The minimum Gasteiger partial charge on any atom is -0.339 e. The van der Waals surface area contributed by atoms with E-state index in [0.29, 0.717) is 18.8 Å². The van der Waals surface area contributed by atoms with E-state index >= 15 is 0 Å². The highest BCUT2D eigenvalue weighted by Gasteiger charge is 2.22. The second-order valence-electron chi connectivity index (χ2n) is 8.18. The van der Waals surface area contributed by atoms with E-state index < -0.39 is 0 Å². The minimum atomic E-state index is -0.259. The molecule has 2 aromatic carbocycles. The predicted molar refractivity (Wildman–Crippen MR) is 122 cm³/mol. The summed E-state index contributed by atoms with van der Waals surface area (Å²) >= 11 is 0. The van der Waals surface area contributed by atoms with Crippen LogP contribution < -0.4 is 5.56 Å². The van der Waals surface area contributed by atoms with E-state index in [4.69, 9.17) is 0 Å². The van der Waals surface area contributed by atoms with Crippen molar-refractivity contribution in [2.24, 2.45) is 0 Å². The van der Waals surface area contributed by atoms with Crippen LogP contribution in [0.15, 0.2) is 65.5 Å². The van der Waals surface area contributed by atoms with E-state index in [-0.39, 0.29) is 18.0 Å². The van der Waals surface area contributed by atoms with E-state index in [1.165, 1.54) is 16.3 Å². The number of aromatic nitrogens is 2. The van der Waals surface area contributed by atoms with Crippen LogP contribution in [0.25, 0.3) is 11.3 Å². The summed E-state index contributed by atoms with van der Waals surface area (Å²) in [6.07, 6.45) is 0. The van der Waals surface area contributed by atoms with Gasteiger partial charge in [0.25, 0.3) is 5.56 Å². The normalized spacial score (nSPS) is 14.6. The van der Waals surface area contributed by atoms with Crippen molar-refractivity contribution in [2.75, 3.05) is 26.2 Å². The highest BCUT2D eigenvalue weighted by Crippen LogP contribution is 2.21. The smallest absolute Gasteiger partial charge is 0.267 e. The Hall–Kier alpha value is -3.25. The van der Waals surface area contributed by atoms with E-state index in [1.807, 2.05) is 43.0 Å². The standard InChI is InChI=1S/C25H28N4O2/c1-19-8-9-20(2)22(16-19)23-10-11-24(30)29(26-23)18-25(31)28-14-12-27(13-15-28)17-21-6-4-3-5-7-21/h3-11,16H,12-15,17-18H2,1-2H3. The molecule has 1 saturated heterocycles. The topological polar surface area (TPSA) is 58.4 Å². The maximum Gasteiger partial charge on any atom is 0.267 e. The van der Waals surface area contributed by atoms with Gasteiger partial charge >= 0.3 is 0 Å². The summed E-state index contributed by atoms with van der Waals surface area (Å²) in [6, 6.07) is 19.7. The Balaban J connectivity index is 1.41. The molecule has 6 nitrogen and oxygen atoms in total. The Labute approximate surface area is 182 Å². The maximum absolute atomic E-state index is 12.9. The molecule has 0 radical (unpaired) electrons. The molecule has 0 saturated carbocycles. The summed E-state index contributed by atoms with van der Waals surface area (Å²) in [7, 11) is 0. The third-order valence-electron chi connectivity index (χ3n) is 5.79. The monoisotopic (exact) mass is 416 g/mol. The van der Waals surface area contributed by atoms with Crippen molar-refractivity contribution in [1.29, 1.82) is 0 Å². The third-order valence-corrected chi connectivity index (χ3v) is 5.79. The van der Waals surface area contributed by atoms with E-state index in [1.54, 1.807) is 6.07 Å². The number of nitrogens with zero attached hydrogens (tertiary/aromatic N) is 4. The molecule has 3 aromatic rings. The van der Waals surface area contributed by atoms with E-state index in [2.05, 4.69) is 34.3 Å². The Morgan fingerprint density at radius 3 is 2.42 bits per heavy atom. The van der Waals surface area contributed by atoms with Crippen LogP contribution in [0.4, 0.5) is 0 Å². The molecule has 0 spiro atoms. The first-order chi connectivity index (χ1) is 15.0. The van der Waals surface area contributed by atoms with Gasteiger partial charge in [-0.1, -0.05) is 48.0 Å². The van der Waals surface area contributed by atoms with Gasteiger partial charge in [-0.2, -0.15) is 5.10 Å².